The van der Waals surface area contributed by atoms with Crippen molar-refractivity contribution in [1.82, 2.24) is 5.32 Å². The van der Waals surface area contributed by atoms with Crippen LogP contribution in [-0.4, -0.2) is 6.54 Å². The monoisotopic (exact) mass is 413 g/mol. The molecule has 0 amide bonds. The standard InChI is InChI=1S/C17H18Br2FN/c1-3-21-16(14-6-4-5-11(2)17(14)19)10-12-9-13(18)7-8-15(12)20/h4-9,16,21H,3,10H2,1-2H3. The van der Waals surface area contributed by atoms with Gasteiger partial charge in [0.2, 0.25) is 0 Å². The van der Waals surface area contributed by atoms with E-state index in [1.807, 2.05) is 12.1 Å². The predicted molar refractivity (Wildman–Crippen MR) is 93.1 cm³/mol. The van der Waals surface area contributed by atoms with Gasteiger partial charge in [-0.25, -0.2) is 4.39 Å². The molecule has 2 aromatic carbocycles. The highest BCUT2D eigenvalue weighted by Crippen LogP contribution is 2.30. The topological polar surface area (TPSA) is 12.0 Å². The van der Waals surface area contributed by atoms with E-state index in [0.717, 1.165) is 21.1 Å². The lowest BCUT2D eigenvalue weighted by molar-refractivity contribution is 0.526. The van der Waals surface area contributed by atoms with Crippen molar-refractivity contribution in [2.24, 2.45) is 0 Å². The predicted octanol–water partition coefficient (Wildman–Crippen LogP) is 5.55. The molecule has 112 valence electrons. The zero-order valence-electron chi connectivity index (χ0n) is 12.1. The van der Waals surface area contributed by atoms with Crippen LogP contribution in [0.15, 0.2) is 45.3 Å². The zero-order valence-corrected chi connectivity index (χ0v) is 15.3. The quantitative estimate of drug-likeness (QED) is 0.675. The van der Waals surface area contributed by atoms with Crippen molar-refractivity contribution < 1.29 is 4.39 Å². The van der Waals surface area contributed by atoms with Gasteiger partial charge in [-0.05, 0) is 54.8 Å². The fourth-order valence-corrected chi connectivity index (χ4v) is 3.35. The summed E-state index contributed by atoms with van der Waals surface area (Å²) in [5.41, 5.74) is 3.06. The number of rotatable bonds is 5. The van der Waals surface area contributed by atoms with Crippen molar-refractivity contribution in [1.29, 1.82) is 0 Å². The maximum atomic E-state index is 14.0. The van der Waals surface area contributed by atoms with Crippen LogP contribution in [-0.2, 0) is 6.42 Å². The summed E-state index contributed by atoms with van der Waals surface area (Å²) in [7, 11) is 0. The van der Waals surface area contributed by atoms with E-state index in [-0.39, 0.29) is 11.9 Å². The number of nitrogens with one attached hydrogen (secondary N) is 1. The SMILES string of the molecule is CCNC(Cc1cc(Br)ccc1F)c1cccc(C)c1Br. The summed E-state index contributed by atoms with van der Waals surface area (Å²) in [6.07, 6.45) is 0.612. The van der Waals surface area contributed by atoms with Gasteiger partial charge < -0.3 is 5.32 Å². The van der Waals surface area contributed by atoms with Gasteiger partial charge in [0.15, 0.2) is 0 Å². The summed E-state index contributed by atoms with van der Waals surface area (Å²) in [6, 6.07) is 11.3. The number of benzene rings is 2. The third-order valence-corrected chi connectivity index (χ3v) is 5.06. The number of hydrogen-bond acceptors (Lipinski definition) is 1. The normalized spacial score (nSPS) is 12.4. The molecule has 0 saturated carbocycles. The number of hydrogen-bond donors (Lipinski definition) is 1. The second kappa shape index (κ2) is 7.52. The molecule has 0 saturated heterocycles. The summed E-state index contributed by atoms with van der Waals surface area (Å²) in [5.74, 6) is -0.162. The average Bonchev–Trinajstić information content (AvgIpc) is 2.45. The maximum Gasteiger partial charge on any atom is 0.126 e. The Labute approximate surface area is 142 Å². The molecule has 0 spiro atoms. The van der Waals surface area contributed by atoms with Gasteiger partial charge in [-0.3, -0.25) is 0 Å². The molecule has 1 unspecified atom stereocenters. The summed E-state index contributed by atoms with van der Waals surface area (Å²) >= 11 is 7.07. The molecular weight excluding hydrogens is 397 g/mol. The summed E-state index contributed by atoms with van der Waals surface area (Å²) in [5, 5.41) is 3.45. The first-order valence-corrected chi connectivity index (χ1v) is 8.53. The fraction of sp³-hybridized carbons (Fsp3) is 0.294. The number of halogens is 3. The van der Waals surface area contributed by atoms with Crippen LogP contribution in [0.4, 0.5) is 4.39 Å². The summed E-state index contributed by atoms with van der Waals surface area (Å²) < 4.78 is 16.0. The second-order valence-corrected chi connectivity index (χ2v) is 6.74. The molecule has 1 nitrogen and oxygen atoms in total. The largest absolute Gasteiger partial charge is 0.310 e. The first kappa shape index (κ1) is 16.7. The van der Waals surface area contributed by atoms with Crippen LogP contribution >= 0.6 is 31.9 Å². The van der Waals surface area contributed by atoms with E-state index < -0.39 is 0 Å². The highest BCUT2D eigenvalue weighted by Gasteiger charge is 2.17. The van der Waals surface area contributed by atoms with Crippen LogP contribution in [0, 0.1) is 12.7 Å². The Bertz CT molecular complexity index is 628. The van der Waals surface area contributed by atoms with Crippen molar-refractivity contribution in [3.63, 3.8) is 0 Å². The zero-order chi connectivity index (χ0) is 15.4. The van der Waals surface area contributed by atoms with Gasteiger partial charge in [0.1, 0.15) is 5.82 Å². The van der Waals surface area contributed by atoms with E-state index in [1.165, 1.54) is 11.6 Å². The molecule has 1 N–H and O–H groups in total. The Morgan fingerprint density at radius 3 is 2.67 bits per heavy atom. The van der Waals surface area contributed by atoms with E-state index in [2.05, 4.69) is 63.2 Å². The molecule has 0 bridgehead atoms. The van der Waals surface area contributed by atoms with Crippen LogP contribution in [0.2, 0.25) is 0 Å². The lowest BCUT2D eigenvalue weighted by atomic mass is 9.97. The second-order valence-electron chi connectivity index (χ2n) is 5.03. The van der Waals surface area contributed by atoms with Gasteiger partial charge in [-0.2, -0.15) is 0 Å². The van der Waals surface area contributed by atoms with E-state index in [9.17, 15) is 4.39 Å². The van der Waals surface area contributed by atoms with Crippen LogP contribution in [0.3, 0.4) is 0 Å². The van der Waals surface area contributed by atoms with Gasteiger partial charge >= 0.3 is 0 Å². The minimum absolute atomic E-state index is 0.0769. The number of aryl methyl sites for hydroxylation is 1. The van der Waals surface area contributed by atoms with Gasteiger partial charge in [0.25, 0.3) is 0 Å². The molecule has 4 heteroatoms. The first-order chi connectivity index (χ1) is 10.0. The van der Waals surface area contributed by atoms with Crippen molar-refractivity contribution in [2.45, 2.75) is 26.3 Å². The Balaban J connectivity index is 2.35. The van der Waals surface area contributed by atoms with E-state index >= 15 is 0 Å². The van der Waals surface area contributed by atoms with Gasteiger partial charge in [0, 0.05) is 15.0 Å². The minimum atomic E-state index is -0.162. The summed E-state index contributed by atoms with van der Waals surface area (Å²) in [4.78, 5) is 0. The lowest BCUT2D eigenvalue weighted by Gasteiger charge is -2.21. The van der Waals surface area contributed by atoms with Crippen molar-refractivity contribution >= 4 is 31.9 Å². The Morgan fingerprint density at radius 2 is 1.95 bits per heavy atom. The Morgan fingerprint density at radius 1 is 1.19 bits per heavy atom. The molecule has 0 aliphatic rings. The highest BCUT2D eigenvalue weighted by atomic mass is 79.9. The first-order valence-electron chi connectivity index (χ1n) is 6.95. The average molecular weight is 415 g/mol. The smallest absolute Gasteiger partial charge is 0.126 e. The molecule has 0 aromatic heterocycles. The van der Waals surface area contributed by atoms with Crippen LogP contribution in [0.25, 0.3) is 0 Å². The molecule has 0 aliphatic carbocycles. The Kier molecular flexibility index (Phi) is 5.97. The third-order valence-electron chi connectivity index (χ3n) is 3.48. The van der Waals surface area contributed by atoms with E-state index in [4.69, 9.17) is 0 Å². The molecular formula is C17H18Br2FN. The molecule has 2 aromatic rings. The van der Waals surface area contributed by atoms with Gasteiger partial charge in [-0.1, -0.05) is 57.0 Å². The van der Waals surface area contributed by atoms with Crippen molar-refractivity contribution in [3.05, 3.63) is 67.9 Å². The highest BCUT2D eigenvalue weighted by molar-refractivity contribution is 9.10. The van der Waals surface area contributed by atoms with Crippen LogP contribution in [0.5, 0.6) is 0 Å². The van der Waals surface area contributed by atoms with Crippen LogP contribution < -0.4 is 5.32 Å². The lowest BCUT2D eigenvalue weighted by Crippen LogP contribution is -2.24. The van der Waals surface area contributed by atoms with Crippen molar-refractivity contribution in [3.8, 4) is 0 Å². The van der Waals surface area contributed by atoms with E-state index in [1.54, 1.807) is 6.07 Å². The third kappa shape index (κ3) is 4.15. The fourth-order valence-electron chi connectivity index (χ4n) is 2.40. The van der Waals surface area contributed by atoms with Crippen LogP contribution in [0.1, 0.15) is 29.7 Å². The Hall–Kier alpha value is -0.710. The summed E-state index contributed by atoms with van der Waals surface area (Å²) in [6.45, 7) is 4.96. The maximum absolute atomic E-state index is 14.0. The number of likely N-dealkylation sites (N-methyl/N-ethyl adjacent to an activating group) is 1. The minimum Gasteiger partial charge on any atom is -0.310 e. The molecule has 0 radical (unpaired) electrons. The molecule has 0 heterocycles. The van der Waals surface area contributed by atoms with Crippen molar-refractivity contribution in [2.75, 3.05) is 6.54 Å². The molecule has 0 fully saturated rings. The molecule has 0 aliphatic heterocycles. The molecule has 21 heavy (non-hydrogen) atoms. The molecule has 1 atom stereocenters. The molecule has 2 rings (SSSR count). The van der Waals surface area contributed by atoms with E-state index in [0.29, 0.717) is 12.0 Å². The van der Waals surface area contributed by atoms with Gasteiger partial charge in [0.05, 0.1) is 0 Å². The van der Waals surface area contributed by atoms with Gasteiger partial charge in [-0.15, -0.1) is 0 Å².